The molecule has 23 heavy (non-hydrogen) atoms. The molecule has 1 amide bonds. The third-order valence-corrected chi connectivity index (χ3v) is 2.72. The topological polar surface area (TPSA) is 77.0 Å². The maximum absolute atomic E-state index is 12.2. The number of ether oxygens (including phenoxy) is 1. The Balaban J connectivity index is 1.91. The first-order valence-corrected chi connectivity index (χ1v) is 6.57. The summed E-state index contributed by atoms with van der Waals surface area (Å²) in [6.07, 6.45) is 2.59. The number of rotatable bonds is 6. The number of amides is 1. The van der Waals surface area contributed by atoms with E-state index < -0.39 is 12.8 Å². The van der Waals surface area contributed by atoms with Crippen molar-refractivity contribution < 1.29 is 22.7 Å². The molecule has 2 heterocycles. The number of nitrogens with zero attached hydrogens (tertiary/aromatic N) is 3. The van der Waals surface area contributed by atoms with Crippen LogP contribution in [-0.2, 0) is 17.8 Å². The standard InChI is InChI=1S/C14H13F3N4O2/c15-14(16,17)8-23-12-7-18-2-1-11(12)6-21-13(22)3-10-4-19-9-20-5-10/h1-2,4-5,7,9H,3,6,8H2,(H,21,22). The summed E-state index contributed by atoms with van der Waals surface area (Å²) in [5, 5.41) is 2.60. The average Bonchev–Trinajstić information content (AvgIpc) is 2.52. The molecule has 0 spiro atoms. The summed E-state index contributed by atoms with van der Waals surface area (Å²) in [6, 6.07) is 1.48. The molecule has 0 fully saturated rings. The predicted octanol–water partition coefficient (Wildman–Crippen LogP) is 1.67. The van der Waals surface area contributed by atoms with Crippen LogP contribution in [0.4, 0.5) is 13.2 Å². The van der Waals surface area contributed by atoms with Gasteiger partial charge in [-0.1, -0.05) is 0 Å². The highest BCUT2D eigenvalue weighted by atomic mass is 19.4. The molecule has 2 rings (SSSR count). The lowest BCUT2D eigenvalue weighted by atomic mass is 10.2. The molecule has 0 aromatic carbocycles. The smallest absolute Gasteiger partial charge is 0.422 e. The second-order valence-corrected chi connectivity index (χ2v) is 4.59. The highest BCUT2D eigenvalue weighted by molar-refractivity contribution is 5.78. The molecule has 2 aromatic rings. The van der Waals surface area contributed by atoms with Crippen LogP contribution in [0.1, 0.15) is 11.1 Å². The van der Waals surface area contributed by atoms with E-state index in [9.17, 15) is 18.0 Å². The van der Waals surface area contributed by atoms with Crippen LogP contribution in [0.15, 0.2) is 37.2 Å². The summed E-state index contributed by atoms with van der Waals surface area (Å²) in [4.78, 5) is 23.1. The van der Waals surface area contributed by atoms with Crippen LogP contribution in [0.5, 0.6) is 5.75 Å². The van der Waals surface area contributed by atoms with Crippen LogP contribution in [0.2, 0.25) is 0 Å². The molecular formula is C14H13F3N4O2. The summed E-state index contributed by atoms with van der Waals surface area (Å²) in [6.45, 7) is -1.39. The van der Waals surface area contributed by atoms with E-state index >= 15 is 0 Å². The van der Waals surface area contributed by atoms with Crippen molar-refractivity contribution in [2.24, 2.45) is 0 Å². The lowest BCUT2D eigenvalue weighted by Crippen LogP contribution is -2.25. The minimum Gasteiger partial charge on any atom is -0.482 e. The minimum absolute atomic E-state index is 0.0202. The number of hydrogen-bond acceptors (Lipinski definition) is 5. The van der Waals surface area contributed by atoms with Gasteiger partial charge in [-0.05, 0) is 11.6 Å². The van der Waals surface area contributed by atoms with Gasteiger partial charge in [0, 0.05) is 30.7 Å². The Morgan fingerprint density at radius 1 is 1.17 bits per heavy atom. The fourth-order valence-electron chi connectivity index (χ4n) is 1.71. The van der Waals surface area contributed by atoms with E-state index in [0.29, 0.717) is 11.1 Å². The normalized spacial score (nSPS) is 11.1. The number of hydrogen-bond donors (Lipinski definition) is 1. The fraction of sp³-hybridized carbons (Fsp3) is 0.286. The van der Waals surface area contributed by atoms with E-state index in [0.717, 1.165) is 0 Å². The molecule has 2 aromatic heterocycles. The number of nitrogens with one attached hydrogen (secondary N) is 1. The van der Waals surface area contributed by atoms with Gasteiger partial charge in [-0.2, -0.15) is 13.2 Å². The van der Waals surface area contributed by atoms with Crippen molar-refractivity contribution in [2.45, 2.75) is 19.1 Å². The molecular weight excluding hydrogens is 313 g/mol. The van der Waals surface area contributed by atoms with Gasteiger partial charge >= 0.3 is 6.18 Å². The van der Waals surface area contributed by atoms with Gasteiger partial charge in [-0.15, -0.1) is 0 Å². The number of aromatic nitrogens is 3. The largest absolute Gasteiger partial charge is 0.482 e. The Kier molecular flexibility index (Phi) is 5.45. The minimum atomic E-state index is -4.44. The van der Waals surface area contributed by atoms with Crippen molar-refractivity contribution >= 4 is 5.91 Å². The van der Waals surface area contributed by atoms with E-state index in [-0.39, 0.29) is 24.6 Å². The molecule has 6 nitrogen and oxygen atoms in total. The molecule has 0 aliphatic rings. The first-order chi connectivity index (χ1) is 10.9. The van der Waals surface area contributed by atoms with Gasteiger partial charge in [0.15, 0.2) is 6.61 Å². The lowest BCUT2D eigenvalue weighted by molar-refractivity contribution is -0.153. The van der Waals surface area contributed by atoms with Gasteiger partial charge in [0.2, 0.25) is 5.91 Å². The van der Waals surface area contributed by atoms with Gasteiger partial charge in [0.25, 0.3) is 0 Å². The Hall–Kier alpha value is -2.71. The van der Waals surface area contributed by atoms with E-state index in [2.05, 4.69) is 20.3 Å². The van der Waals surface area contributed by atoms with Crippen molar-refractivity contribution in [3.63, 3.8) is 0 Å². The van der Waals surface area contributed by atoms with Crippen molar-refractivity contribution in [1.29, 1.82) is 0 Å². The zero-order valence-corrected chi connectivity index (χ0v) is 11.9. The second-order valence-electron chi connectivity index (χ2n) is 4.59. The molecule has 0 unspecified atom stereocenters. The molecule has 0 aliphatic heterocycles. The van der Waals surface area contributed by atoms with Crippen molar-refractivity contribution in [1.82, 2.24) is 20.3 Å². The number of alkyl halides is 3. The summed E-state index contributed by atoms with van der Waals surface area (Å²) >= 11 is 0. The first kappa shape index (κ1) is 16.7. The molecule has 0 bridgehead atoms. The van der Waals surface area contributed by atoms with Gasteiger partial charge in [0.1, 0.15) is 12.1 Å². The van der Waals surface area contributed by atoms with Crippen molar-refractivity contribution in [2.75, 3.05) is 6.61 Å². The monoisotopic (exact) mass is 326 g/mol. The summed E-state index contributed by atoms with van der Waals surface area (Å²) in [7, 11) is 0. The number of carbonyl (C=O) groups excluding carboxylic acids is 1. The SMILES string of the molecule is O=C(Cc1cncnc1)NCc1ccncc1OCC(F)(F)F. The third-order valence-electron chi connectivity index (χ3n) is 2.72. The molecule has 0 saturated carbocycles. The highest BCUT2D eigenvalue weighted by Crippen LogP contribution is 2.21. The van der Waals surface area contributed by atoms with Gasteiger partial charge in [-0.3, -0.25) is 9.78 Å². The molecule has 122 valence electrons. The number of halogens is 3. The molecule has 0 radical (unpaired) electrons. The second kappa shape index (κ2) is 7.52. The van der Waals surface area contributed by atoms with Crippen LogP contribution in [0, 0.1) is 0 Å². The molecule has 0 saturated heterocycles. The van der Waals surface area contributed by atoms with Crippen molar-refractivity contribution in [3.05, 3.63) is 48.3 Å². The van der Waals surface area contributed by atoms with E-state index in [1.54, 1.807) is 0 Å². The van der Waals surface area contributed by atoms with Gasteiger partial charge < -0.3 is 10.1 Å². The molecule has 0 aliphatic carbocycles. The van der Waals surface area contributed by atoms with Crippen LogP contribution in [0.25, 0.3) is 0 Å². The number of carbonyl (C=O) groups is 1. The molecule has 1 N–H and O–H groups in total. The Morgan fingerprint density at radius 2 is 1.91 bits per heavy atom. The van der Waals surface area contributed by atoms with Crippen LogP contribution in [0.3, 0.4) is 0 Å². The van der Waals surface area contributed by atoms with Crippen LogP contribution < -0.4 is 10.1 Å². The van der Waals surface area contributed by atoms with Crippen LogP contribution >= 0.6 is 0 Å². The summed E-state index contributed by atoms with van der Waals surface area (Å²) in [5.41, 5.74) is 1.04. The highest BCUT2D eigenvalue weighted by Gasteiger charge is 2.28. The third kappa shape index (κ3) is 5.89. The zero-order chi connectivity index (χ0) is 16.7. The van der Waals surface area contributed by atoms with Gasteiger partial charge in [0.05, 0.1) is 12.6 Å². The van der Waals surface area contributed by atoms with Crippen LogP contribution in [-0.4, -0.2) is 33.6 Å². The summed E-state index contributed by atoms with van der Waals surface area (Å²) in [5.74, 6) is -0.327. The lowest BCUT2D eigenvalue weighted by Gasteiger charge is -2.13. The Bertz CT molecular complexity index is 650. The number of pyridine rings is 1. The van der Waals surface area contributed by atoms with Crippen molar-refractivity contribution in [3.8, 4) is 5.75 Å². The quantitative estimate of drug-likeness (QED) is 0.874. The maximum Gasteiger partial charge on any atom is 0.422 e. The average molecular weight is 326 g/mol. The first-order valence-electron chi connectivity index (χ1n) is 6.57. The Morgan fingerprint density at radius 3 is 2.61 bits per heavy atom. The van der Waals surface area contributed by atoms with E-state index in [1.165, 1.54) is 37.2 Å². The molecule has 9 heteroatoms. The summed E-state index contributed by atoms with van der Waals surface area (Å²) < 4.78 is 41.3. The fourth-order valence-corrected chi connectivity index (χ4v) is 1.71. The maximum atomic E-state index is 12.2. The predicted molar refractivity (Wildman–Crippen MR) is 73.4 cm³/mol. The zero-order valence-electron chi connectivity index (χ0n) is 11.9. The van der Waals surface area contributed by atoms with E-state index in [4.69, 9.17) is 4.74 Å². The molecule has 0 atom stereocenters. The van der Waals surface area contributed by atoms with E-state index in [1.807, 2.05) is 0 Å². The van der Waals surface area contributed by atoms with Gasteiger partial charge in [-0.25, -0.2) is 9.97 Å². The Labute approximate surface area is 129 Å².